The van der Waals surface area contributed by atoms with Crippen LogP contribution < -0.4 is 0 Å². The standard InChI is InChI=1S/C15H28N2O2/c1-14(2,11-16)7-5-6-8-17-9-13(10-18)19-15(3,4)12-17/h13,18H,5-10,12H2,1-4H3. The number of rotatable bonds is 6. The second-order valence-electron chi connectivity index (χ2n) is 6.87. The van der Waals surface area contributed by atoms with Crippen LogP contribution in [0.25, 0.3) is 0 Å². The molecule has 0 spiro atoms. The molecule has 0 bridgehead atoms. The Morgan fingerprint density at radius 2 is 2.11 bits per heavy atom. The van der Waals surface area contributed by atoms with E-state index in [1.54, 1.807) is 0 Å². The molecule has 0 amide bonds. The molecule has 1 fully saturated rings. The molecular weight excluding hydrogens is 240 g/mol. The molecule has 110 valence electrons. The molecule has 0 aromatic heterocycles. The zero-order valence-corrected chi connectivity index (χ0v) is 12.8. The van der Waals surface area contributed by atoms with Gasteiger partial charge in [0.05, 0.1) is 29.8 Å². The number of morpholine rings is 1. The summed E-state index contributed by atoms with van der Waals surface area (Å²) in [6.07, 6.45) is 3.04. The number of hydrogen-bond acceptors (Lipinski definition) is 4. The minimum absolute atomic E-state index is 0.0701. The van der Waals surface area contributed by atoms with Crippen molar-refractivity contribution in [2.45, 2.75) is 58.7 Å². The highest BCUT2D eigenvalue weighted by Crippen LogP contribution is 2.24. The third-order valence-electron chi connectivity index (χ3n) is 3.58. The van der Waals surface area contributed by atoms with Crippen molar-refractivity contribution >= 4 is 0 Å². The van der Waals surface area contributed by atoms with Crippen molar-refractivity contribution in [2.24, 2.45) is 5.41 Å². The first-order chi connectivity index (χ1) is 8.78. The Morgan fingerprint density at radius 1 is 1.42 bits per heavy atom. The van der Waals surface area contributed by atoms with E-state index in [0.717, 1.165) is 38.9 Å². The largest absolute Gasteiger partial charge is 0.394 e. The van der Waals surface area contributed by atoms with Gasteiger partial charge in [-0.25, -0.2) is 0 Å². The molecule has 19 heavy (non-hydrogen) atoms. The lowest BCUT2D eigenvalue weighted by Crippen LogP contribution is -2.53. The van der Waals surface area contributed by atoms with E-state index in [4.69, 9.17) is 10.00 Å². The van der Waals surface area contributed by atoms with Crippen molar-refractivity contribution in [2.75, 3.05) is 26.2 Å². The Kier molecular flexibility index (Phi) is 5.79. The summed E-state index contributed by atoms with van der Waals surface area (Å²) in [6.45, 7) is 10.9. The highest BCUT2D eigenvalue weighted by Gasteiger charge is 2.32. The molecule has 1 unspecified atom stereocenters. The van der Waals surface area contributed by atoms with Crippen molar-refractivity contribution in [3.63, 3.8) is 0 Å². The van der Waals surface area contributed by atoms with E-state index in [2.05, 4.69) is 24.8 Å². The van der Waals surface area contributed by atoms with Crippen molar-refractivity contribution in [1.29, 1.82) is 5.26 Å². The number of nitriles is 1. The molecule has 1 atom stereocenters. The maximum Gasteiger partial charge on any atom is 0.0940 e. The van der Waals surface area contributed by atoms with Crippen LogP contribution >= 0.6 is 0 Å². The van der Waals surface area contributed by atoms with E-state index in [1.807, 2.05) is 13.8 Å². The summed E-state index contributed by atoms with van der Waals surface area (Å²) in [5.74, 6) is 0. The van der Waals surface area contributed by atoms with Crippen molar-refractivity contribution in [3.8, 4) is 6.07 Å². The minimum Gasteiger partial charge on any atom is -0.394 e. The van der Waals surface area contributed by atoms with Crippen LogP contribution in [0.2, 0.25) is 0 Å². The summed E-state index contributed by atoms with van der Waals surface area (Å²) in [7, 11) is 0. The van der Waals surface area contributed by atoms with Crippen molar-refractivity contribution < 1.29 is 9.84 Å². The van der Waals surface area contributed by atoms with E-state index in [-0.39, 0.29) is 23.7 Å². The average Bonchev–Trinajstić information content (AvgIpc) is 2.33. The van der Waals surface area contributed by atoms with Gasteiger partial charge in [0.1, 0.15) is 0 Å². The van der Waals surface area contributed by atoms with Crippen LogP contribution in [0.4, 0.5) is 0 Å². The van der Waals surface area contributed by atoms with Gasteiger partial charge in [0, 0.05) is 13.1 Å². The Labute approximate surface area is 117 Å². The topological polar surface area (TPSA) is 56.5 Å². The number of ether oxygens (including phenoxy) is 1. The molecule has 1 aliphatic rings. The molecule has 0 aliphatic carbocycles. The Bertz CT molecular complexity index is 321. The second kappa shape index (κ2) is 6.69. The van der Waals surface area contributed by atoms with Gasteiger partial charge in [-0.1, -0.05) is 6.42 Å². The predicted octanol–water partition coefficient (Wildman–Crippen LogP) is 2.18. The Balaban J connectivity index is 2.31. The predicted molar refractivity (Wildman–Crippen MR) is 75.7 cm³/mol. The average molecular weight is 268 g/mol. The molecule has 0 aromatic carbocycles. The fourth-order valence-corrected chi connectivity index (χ4v) is 2.64. The smallest absolute Gasteiger partial charge is 0.0940 e. The maximum atomic E-state index is 9.26. The van der Waals surface area contributed by atoms with Crippen LogP contribution in [0.5, 0.6) is 0 Å². The van der Waals surface area contributed by atoms with Crippen LogP contribution in [-0.4, -0.2) is 48.0 Å². The number of nitrogens with zero attached hydrogens (tertiary/aromatic N) is 2. The summed E-state index contributed by atoms with van der Waals surface area (Å²) in [4.78, 5) is 2.36. The Morgan fingerprint density at radius 3 is 2.68 bits per heavy atom. The first kappa shape index (κ1) is 16.4. The lowest BCUT2D eigenvalue weighted by Gasteiger charge is -2.42. The number of unbranched alkanes of at least 4 members (excludes halogenated alkanes) is 1. The van der Waals surface area contributed by atoms with E-state index in [9.17, 15) is 5.11 Å². The zero-order chi connectivity index (χ0) is 14.5. The molecule has 0 saturated carbocycles. The first-order valence-electron chi connectivity index (χ1n) is 7.20. The van der Waals surface area contributed by atoms with Gasteiger partial charge in [-0.2, -0.15) is 5.26 Å². The van der Waals surface area contributed by atoms with Crippen molar-refractivity contribution in [1.82, 2.24) is 4.90 Å². The molecule has 1 aliphatic heterocycles. The molecule has 1 heterocycles. The zero-order valence-electron chi connectivity index (χ0n) is 12.8. The Hall–Kier alpha value is -0.630. The van der Waals surface area contributed by atoms with Gasteiger partial charge in [0.15, 0.2) is 0 Å². The summed E-state index contributed by atoms with van der Waals surface area (Å²) in [6, 6.07) is 2.34. The SMILES string of the molecule is CC(C)(C#N)CCCCN1CC(CO)OC(C)(C)C1. The fourth-order valence-electron chi connectivity index (χ4n) is 2.64. The molecule has 1 rings (SSSR count). The van der Waals surface area contributed by atoms with Crippen LogP contribution in [0.1, 0.15) is 47.0 Å². The third-order valence-corrected chi connectivity index (χ3v) is 3.58. The summed E-state index contributed by atoms with van der Waals surface area (Å²) in [5, 5.41) is 18.2. The highest BCUT2D eigenvalue weighted by molar-refractivity contribution is 4.91. The number of aliphatic hydroxyl groups is 1. The molecule has 0 radical (unpaired) electrons. The van der Waals surface area contributed by atoms with Gasteiger partial charge in [-0.3, -0.25) is 4.90 Å². The lowest BCUT2D eigenvalue weighted by atomic mass is 9.89. The van der Waals surface area contributed by atoms with Gasteiger partial charge < -0.3 is 9.84 Å². The van der Waals surface area contributed by atoms with Crippen molar-refractivity contribution in [3.05, 3.63) is 0 Å². The highest BCUT2D eigenvalue weighted by atomic mass is 16.5. The second-order valence-corrected chi connectivity index (χ2v) is 6.87. The van der Waals surface area contributed by atoms with Crippen LogP contribution in [-0.2, 0) is 4.74 Å². The summed E-state index contributed by atoms with van der Waals surface area (Å²) >= 11 is 0. The molecule has 1 N–H and O–H groups in total. The molecule has 0 aromatic rings. The lowest BCUT2D eigenvalue weighted by molar-refractivity contribution is -0.148. The van der Waals surface area contributed by atoms with E-state index >= 15 is 0 Å². The number of aliphatic hydroxyl groups excluding tert-OH is 1. The molecule has 4 heteroatoms. The summed E-state index contributed by atoms with van der Waals surface area (Å²) in [5.41, 5.74) is -0.393. The van der Waals surface area contributed by atoms with Crippen LogP contribution in [0, 0.1) is 16.7 Å². The van der Waals surface area contributed by atoms with Gasteiger partial charge in [0.25, 0.3) is 0 Å². The fraction of sp³-hybridized carbons (Fsp3) is 0.933. The monoisotopic (exact) mass is 268 g/mol. The number of hydrogen-bond donors (Lipinski definition) is 1. The van der Waals surface area contributed by atoms with Gasteiger partial charge >= 0.3 is 0 Å². The third kappa shape index (κ3) is 5.90. The van der Waals surface area contributed by atoms with E-state index in [0.29, 0.717) is 0 Å². The quantitative estimate of drug-likeness (QED) is 0.750. The van der Waals surface area contributed by atoms with E-state index < -0.39 is 0 Å². The molecule has 4 nitrogen and oxygen atoms in total. The van der Waals surface area contributed by atoms with Gasteiger partial charge in [-0.15, -0.1) is 0 Å². The van der Waals surface area contributed by atoms with E-state index in [1.165, 1.54) is 0 Å². The van der Waals surface area contributed by atoms with Crippen LogP contribution in [0.15, 0.2) is 0 Å². The summed E-state index contributed by atoms with van der Waals surface area (Å²) < 4.78 is 5.80. The van der Waals surface area contributed by atoms with Gasteiger partial charge in [0.2, 0.25) is 0 Å². The molecule has 1 saturated heterocycles. The molecular formula is C15H28N2O2. The maximum absolute atomic E-state index is 9.26. The first-order valence-corrected chi connectivity index (χ1v) is 7.20. The minimum atomic E-state index is -0.210. The van der Waals surface area contributed by atoms with Gasteiger partial charge in [-0.05, 0) is 47.1 Å². The normalized spacial score (nSPS) is 24.1. The van der Waals surface area contributed by atoms with Crippen LogP contribution in [0.3, 0.4) is 0 Å².